The van der Waals surface area contributed by atoms with Crippen LogP contribution in [0.3, 0.4) is 0 Å². The number of epoxide rings is 3. The van der Waals surface area contributed by atoms with Crippen molar-refractivity contribution in [1.29, 1.82) is 0 Å². The standard InChI is InChI=1S/C18H28O5/c1-2-12-13(21-12)10-15-18(23-15)11-17(18)14(22-17)8-6-4-3-5-7-9-16(19)20/h12-15H,2-11H2,1H3,(H,19,20). The fraction of sp³-hybridized carbons (Fsp3) is 0.944. The number of hydrogen-bond acceptors (Lipinski definition) is 4. The molecule has 0 aromatic rings. The van der Waals surface area contributed by atoms with Gasteiger partial charge in [-0.25, -0.2) is 0 Å². The van der Waals surface area contributed by atoms with Crippen LogP contribution in [0.25, 0.3) is 0 Å². The van der Waals surface area contributed by atoms with Crippen LogP contribution in [0, 0.1) is 0 Å². The van der Waals surface area contributed by atoms with Gasteiger partial charge in [0.25, 0.3) is 0 Å². The number of unbranched alkanes of at least 4 members (excludes halogenated alkanes) is 4. The van der Waals surface area contributed by atoms with Crippen LogP contribution < -0.4 is 0 Å². The smallest absolute Gasteiger partial charge is 0.303 e. The molecule has 5 heteroatoms. The number of carbonyl (C=O) groups is 1. The van der Waals surface area contributed by atoms with Crippen LogP contribution in [0.2, 0.25) is 0 Å². The second-order valence-corrected chi connectivity index (χ2v) is 7.73. The lowest BCUT2D eigenvalue weighted by Gasteiger charge is -1.98. The van der Waals surface area contributed by atoms with Gasteiger partial charge in [0.05, 0.1) is 24.4 Å². The predicted octanol–water partition coefficient (Wildman–Crippen LogP) is 3.05. The van der Waals surface area contributed by atoms with Crippen molar-refractivity contribution in [3.63, 3.8) is 0 Å². The molecular weight excluding hydrogens is 296 g/mol. The van der Waals surface area contributed by atoms with Gasteiger partial charge in [-0.1, -0.05) is 32.6 Å². The Morgan fingerprint density at radius 1 is 1.04 bits per heavy atom. The van der Waals surface area contributed by atoms with Crippen LogP contribution in [-0.2, 0) is 19.0 Å². The van der Waals surface area contributed by atoms with Gasteiger partial charge in [0.15, 0.2) is 0 Å². The summed E-state index contributed by atoms with van der Waals surface area (Å²) in [5, 5.41) is 8.59. The zero-order valence-electron chi connectivity index (χ0n) is 14.0. The minimum absolute atomic E-state index is 0.0728. The Hall–Kier alpha value is -0.650. The van der Waals surface area contributed by atoms with Crippen molar-refractivity contribution in [3.8, 4) is 0 Å². The second kappa shape index (κ2) is 5.71. The first-order valence-electron chi connectivity index (χ1n) is 9.34. The van der Waals surface area contributed by atoms with E-state index in [1.54, 1.807) is 0 Å². The fourth-order valence-electron chi connectivity index (χ4n) is 4.46. The van der Waals surface area contributed by atoms with Crippen LogP contribution >= 0.6 is 0 Å². The summed E-state index contributed by atoms with van der Waals surface area (Å²) < 4.78 is 17.6. The molecule has 5 nitrogen and oxygen atoms in total. The molecule has 4 aliphatic rings. The Kier molecular flexibility index (Phi) is 3.94. The topological polar surface area (TPSA) is 74.9 Å². The zero-order chi connectivity index (χ0) is 16.1. The first-order valence-corrected chi connectivity index (χ1v) is 9.34. The molecule has 23 heavy (non-hydrogen) atoms. The van der Waals surface area contributed by atoms with Gasteiger partial charge in [-0.15, -0.1) is 0 Å². The minimum atomic E-state index is -0.682. The minimum Gasteiger partial charge on any atom is -0.481 e. The summed E-state index contributed by atoms with van der Waals surface area (Å²) in [5.74, 6) is -0.682. The summed E-state index contributed by atoms with van der Waals surface area (Å²) >= 11 is 0. The van der Waals surface area contributed by atoms with Crippen LogP contribution in [0.15, 0.2) is 0 Å². The van der Waals surface area contributed by atoms with Gasteiger partial charge in [-0.05, 0) is 19.3 Å². The van der Waals surface area contributed by atoms with Crippen molar-refractivity contribution in [1.82, 2.24) is 0 Å². The highest BCUT2D eigenvalue weighted by Crippen LogP contribution is 2.77. The van der Waals surface area contributed by atoms with Crippen molar-refractivity contribution in [2.45, 2.75) is 107 Å². The summed E-state index contributed by atoms with van der Waals surface area (Å²) in [7, 11) is 0. The molecule has 0 radical (unpaired) electrons. The van der Waals surface area contributed by atoms with Gasteiger partial charge in [-0.3, -0.25) is 4.79 Å². The first-order chi connectivity index (χ1) is 11.1. The SMILES string of the molecule is CCC1OC1CC1OC12CC21OC1CCCCCCCC(=O)O. The molecule has 2 spiro atoms. The maximum atomic E-state index is 10.4. The maximum Gasteiger partial charge on any atom is 0.303 e. The highest BCUT2D eigenvalue weighted by atomic mass is 16.7. The molecule has 3 aliphatic heterocycles. The van der Waals surface area contributed by atoms with E-state index >= 15 is 0 Å². The molecule has 1 aliphatic carbocycles. The molecule has 4 rings (SSSR count). The quantitative estimate of drug-likeness (QED) is 0.467. The number of carboxylic acid groups (broad SMARTS) is 1. The molecule has 3 saturated heterocycles. The fourth-order valence-corrected chi connectivity index (χ4v) is 4.46. The Labute approximate surface area is 137 Å². The third-order valence-electron chi connectivity index (χ3n) is 6.14. The van der Waals surface area contributed by atoms with E-state index in [2.05, 4.69) is 6.92 Å². The Morgan fingerprint density at radius 2 is 1.74 bits per heavy atom. The lowest BCUT2D eigenvalue weighted by molar-refractivity contribution is -0.137. The molecule has 4 fully saturated rings. The average Bonchev–Trinajstić information content (AvgIpc) is 3.36. The second-order valence-electron chi connectivity index (χ2n) is 7.73. The van der Waals surface area contributed by atoms with Crippen LogP contribution in [0.1, 0.15) is 71.1 Å². The zero-order valence-corrected chi connectivity index (χ0v) is 14.0. The molecule has 6 unspecified atom stereocenters. The van der Waals surface area contributed by atoms with Crippen molar-refractivity contribution in [3.05, 3.63) is 0 Å². The molecule has 1 saturated carbocycles. The van der Waals surface area contributed by atoms with Gasteiger partial charge >= 0.3 is 5.97 Å². The number of hydrogen-bond donors (Lipinski definition) is 1. The van der Waals surface area contributed by atoms with E-state index in [1.165, 1.54) is 12.8 Å². The third kappa shape index (κ3) is 2.92. The lowest BCUT2D eigenvalue weighted by atomic mass is 10.0. The van der Waals surface area contributed by atoms with E-state index < -0.39 is 5.97 Å². The lowest BCUT2D eigenvalue weighted by Crippen LogP contribution is -2.08. The number of carboxylic acids is 1. The Balaban J connectivity index is 1.07. The van der Waals surface area contributed by atoms with E-state index in [0.29, 0.717) is 30.8 Å². The van der Waals surface area contributed by atoms with Crippen LogP contribution in [0.4, 0.5) is 0 Å². The van der Waals surface area contributed by atoms with E-state index in [-0.39, 0.29) is 11.2 Å². The van der Waals surface area contributed by atoms with Gasteiger partial charge in [0.2, 0.25) is 0 Å². The van der Waals surface area contributed by atoms with Crippen molar-refractivity contribution in [2.75, 3.05) is 0 Å². The number of fused-ring (bicyclic) bond motifs is 1. The van der Waals surface area contributed by atoms with Crippen LogP contribution in [0.5, 0.6) is 0 Å². The summed E-state index contributed by atoms with van der Waals surface area (Å²) in [6.45, 7) is 2.18. The molecule has 0 aromatic carbocycles. The molecule has 0 bridgehead atoms. The Bertz CT molecular complexity index is 480. The molecule has 3 heterocycles. The van der Waals surface area contributed by atoms with Crippen molar-refractivity contribution >= 4 is 5.97 Å². The van der Waals surface area contributed by atoms with E-state index in [9.17, 15) is 4.79 Å². The average molecular weight is 324 g/mol. The number of rotatable bonds is 11. The van der Waals surface area contributed by atoms with Crippen LogP contribution in [-0.4, -0.2) is 46.7 Å². The molecule has 6 atom stereocenters. The van der Waals surface area contributed by atoms with Gasteiger partial charge in [-0.2, -0.15) is 0 Å². The van der Waals surface area contributed by atoms with Crippen molar-refractivity contribution < 1.29 is 24.1 Å². The monoisotopic (exact) mass is 324 g/mol. The number of aliphatic carboxylic acids is 1. The normalized spacial score (nSPS) is 45.4. The first kappa shape index (κ1) is 15.9. The van der Waals surface area contributed by atoms with E-state index in [4.69, 9.17) is 19.3 Å². The number of ether oxygens (including phenoxy) is 3. The summed E-state index contributed by atoms with van der Waals surface area (Å²) in [6.07, 6.45) is 11.7. The summed E-state index contributed by atoms with van der Waals surface area (Å²) in [4.78, 5) is 10.4. The van der Waals surface area contributed by atoms with E-state index in [0.717, 1.165) is 44.9 Å². The highest BCUT2D eigenvalue weighted by Gasteiger charge is 2.93. The Morgan fingerprint density at radius 3 is 2.48 bits per heavy atom. The third-order valence-corrected chi connectivity index (χ3v) is 6.14. The molecule has 130 valence electrons. The van der Waals surface area contributed by atoms with E-state index in [1.807, 2.05) is 0 Å². The summed E-state index contributed by atoms with van der Waals surface area (Å²) in [6, 6.07) is 0. The maximum absolute atomic E-state index is 10.4. The van der Waals surface area contributed by atoms with Gasteiger partial charge in [0, 0.05) is 19.3 Å². The molecule has 0 amide bonds. The van der Waals surface area contributed by atoms with Crippen molar-refractivity contribution in [2.24, 2.45) is 0 Å². The van der Waals surface area contributed by atoms with Gasteiger partial charge < -0.3 is 19.3 Å². The predicted molar refractivity (Wildman–Crippen MR) is 83.3 cm³/mol. The largest absolute Gasteiger partial charge is 0.481 e. The molecule has 0 aromatic heterocycles. The van der Waals surface area contributed by atoms with Gasteiger partial charge in [0.1, 0.15) is 11.2 Å². The molecular formula is C18H28O5. The molecule has 1 N–H and O–H groups in total. The highest BCUT2D eigenvalue weighted by molar-refractivity contribution is 5.66. The summed E-state index contributed by atoms with van der Waals surface area (Å²) in [5.41, 5.74) is 0.154.